The van der Waals surface area contributed by atoms with Crippen molar-refractivity contribution in [3.63, 3.8) is 0 Å². The van der Waals surface area contributed by atoms with E-state index in [4.69, 9.17) is 11.6 Å². The molecule has 2 heteroatoms. The van der Waals surface area contributed by atoms with Crippen LogP contribution in [0.2, 0.25) is 5.02 Å². The average molecular weight is 342 g/mol. The summed E-state index contributed by atoms with van der Waals surface area (Å²) < 4.78 is 0. The van der Waals surface area contributed by atoms with Gasteiger partial charge in [0.2, 0.25) is 0 Å². The Balaban J connectivity index is 1.93. The Morgan fingerprint density at radius 3 is 2.71 bits per heavy atom. The van der Waals surface area contributed by atoms with Crippen LogP contribution in [0, 0.1) is 0 Å². The van der Waals surface area contributed by atoms with Crippen LogP contribution in [0.1, 0.15) is 54.2 Å². The SMILES string of the molecule is CN(C)CCC[C@@H]1c2ccccc2CCC[C@@H]1c1cccc(Cl)c1. The van der Waals surface area contributed by atoms with Crippen molar-refractivity contribution in [3.05, 3.63) is 70.2 Å². The summed E-state index contributed by atoms with van der Waals surface area (Å²) in [5.41, 5.74) is 4.53. The van der Waals surface area contributed by atoms with Crippen LogP contribution < -0.4 is 0 Å². The van der Waals surface area contributed by atoms with Crippen LogP contribution in [0.15, 0.2) is 48.5 Å². The van der Waals surface area contributed by atoms with Gasteiger partial charge in [0, 0.05) is 5.02 Å². The third-order valence-corrected chi connectivity index (χ3v) is 5.53. The molecule has 0 aliphatic heterocycles. The molecule has 128 valence electrons. The standard InChI is InChI=1S/C22H28ClN/c1-24(2)15-7-14-22-20-12-4-3-8-17(20)9-6-13-21(22)18-10-5-11-19(23)16-18/h3-5,8,10-12,16,21-22H,6-7,9,13-15H2,1-2H3/t21-,22-/m1/s1. The Labute approximate surface area is 151 Å². The molecule has 2 aromatic carbocycles. The molecule has 0 aromatic heterocycles. The van der Waals surface area contributed by atoms with Gasteiger partial charge in [0.15, 0.2) is 0 Å². The highest BCUT2D eigenvalue weighted by Crippen LogP contribution is 2.44. The molecular formula is C22H28ClN. The molecule has 1 nitrogen and oxygen atoms in total. The summed E-state index contributed by atoms with van der Waals surface area (Å²) >= 11 is 6.29. The monoisotopic (exact) mass is 341 g/mol. The number of halogens is 1. The topological polar surface area (TPSA) is 3.24 Å². The Morgan fingerprint density at radius 1 is 1.08 bits per heavy atom. The smallest absolute Gasteiger partial charge is 0.0408 e. The molecule has 0 amide bonds. The Kier molecular flexibility index (Phi) is 5.97. The van der Waals surface area contributed by atoms with Crippen molar-refractivity contribution in [3.8, 4) is 0 Å². The Morgan fingerprint density at radius 2 is 1.92 bits per heavy atom. The third kappa shape index (κ3) is 4.20. The van der Waals surface area contributed by atoms with Gasteiger partial charge in [-0.2, -0.15) is 0 Å². The van der Waals surface area contributed by atoms with E-state index in [2.05, 4.69) is 61.5 Å². The van der Waals surface area contributed by atoms with Crippen molar-refractivity contribution in [2.75, 3.05) is 20.6 Å². The van der Waals surface area contributed by atoms with E-state index in [-0.39, 0.29) is 0 Å². The second kappa shape index (κ2) is 8.18. The molecule has 0 unspecified atom stereocenters. The molecule has 0 saturated carbocycles. The summed E-state index contributed by atoms with van der Waals surface area (Å²) in [6.07, 6.45) is 6.20. The summed E-state index contributed by atoms with van der Waals surface area (Å²) in [6, 6.07) is 17.6. The third-order valence-electron chi connectivity index (χ3n) is 5.30. The Hall–Kier alpha value is -1.31. The minimum atomic E-state index is 0.578. The highest BCUT2D eigenvalue weighted by Gasteiger charge is 2.28. The van der Waals surface area contributed by atoms with E-state index >= 15 is 0 Å². The van der Waals surface area contributed by atoms with Crippen molar-refractivity contribution in [1.82, 2.24) is 4.90 Å². The molecule has 2 atom stereocenters. The molecule has 0 spiro atoms. The Bertz CT molecular complexity index is 665. The summed E-state index contributed by atoms with van der Waals surface area (Å²) in [7, 11) is 4.32. The summed E-state index contributed by atoms with van der Waals surface area (Å²) in [5.74, 6) is 1.18. The van der Waals surface area contributed by atoms with E-state index in [1.807, 2.05) is 6.07 Å². The molecule has 0 saturated heterocycles. The molecule has 2 aromatic rings. The van der Waals surface area contributed by atoms with Crippen molar-refractivity contribution >= 4 is 11.6 Å². The fraction of sp³-hybridized carbons (Fsp3) is 0.455. The van der Waals surface area contributed by atoms with Crippen LogP contribution in [-0.4, -0.2) is 25.5 Å². The number of fused-ring (bicyclic) bond motifs is 1. The van der Waals surface area contributed by atoms with Gasteiger partial charge < -0.3 is 4.90 Å². The molecular weight excluding hydrogens is 314 g/mol. The first-order chi connectivity index (χ1) is 11.6. The summed E-state index contributed by atoms with van der Waals surface area (Å²) in [6.45, 7) is 1.15. The van der Waals surface area contributed by atoms with Gasteiger partial charge in [0.25, 0.3) is 0 Å². The normalized spacial score (nSPS) is 20.7. The van der Waals surface area contributed by atoms with E-state index in [0.717, 1.165) is 11.6 Å². The number of rotatable bonds is 5. The van der Waals surface area contributed by atoms with Crippen molar-refractivity contribution < 1.29 is 0 Å². The maximum Gasteiger partial charge on any atom is 0.0408 e. The van der Waals surface area contributed by atoms with Crippen LogP contribution in [0.25, 0.3) is 0 Å². The summed E-state index contributed by atoms with van der Waals surface area (Å²) in [4.78, 5) is 2.29. The van der Waals surface area contributed by atoms with Gasteiger partial charge in [0.1, 0.15) is 0 Å². The first-order valence-electron chi connectivity index (χ1n) is 9.13. The molecule has 1 aliphatic carbocycles. The molecule has 0 fully saturated rings. The predicted molar refractivity (Wildman–Crippen MR) is 104 cm³/mol. The van der Waals surface area contributed by atoms with Crippen LogP contribution in [0.5, 0.6) is 0 Å². The highest BCUT2D eigenvalue weighted by molar-refractivity contribution is 6.30. The first kappa shape index (κ1) is 17.5. The van der Waals surface area contributed by atoms with Gasteiger partial charge >= 0.3 is 0 Å². The lowest BCUT2D eigenvalue weighted by Crippen LogP contribution is -2.16. The minimum Gasteiger partial charge on any atom is -0.309 e. The van der Waals surface area contributed by atoms with E-state index in [1.165, 1.54) is 37.7 Å². The molecule has 1 aliphatic rings. The van der Waals surface area contributed by atoms with Crippen molar-refractivity contribution in [1.29, 1.82) is 0 Å². The molecule has 0 bridgehead atoms. The quantitative estimate of drug-likeness (QED) is 0.613. The van der Waals surface area contributed by atoms with Gasteiger partial charge in [-0.05, 0) is 93.4 Å². The van der Waals surface area contributed by atoms with E-state index < -0.39 is 0 Å². The highest BCUT2D eigenvalue weighted by atomic mass is 35.5. The van der Waals surface area contributed by atoms with Gasteiger partial charge in [-0.3, -0.25) is 0 Å². The van der Waals surface area contributed by atoms with Crippen molar-refractivity contribution in [2.45, 2.75) is 43.9 Å². The second-order valence-electron chi connectivity index (χ2n) is 7.30. The number of aryl methyl sites for hydroxylation is 1. The van der Waals surface area contributed by atoms with Crippen LogP contribution >= 0.6 is 11.6 Å². The average Bonchev–Trinajstić information content (AvgIpc) is 2.74. The molecule has 0 radical (unpaired) electrons. The maximum absolute atomic E-state index is 6.29. The fourth-order valence-corrected chi connectivity index (χ4v) is 4.37. The summed E-state index contributed by atoms with van der Waals surface area (Å²) in [5, 5.41) is 0.858. The maximum atomic E-state index is 6.29. The lowest BCUT2D eigenvalue weighted by molar-refractivity contribution is 0.371. The zero-order valence-corrected chi connectivity index (χ0v) is 15.6. The van der Waals surface area contributed by atoms with E-state index in [1.54, 1.807) is 11.1 Å². The molecule has 0 N–H and O–H groups in total. The number of nitrogens with zero attached hydrogens (tertiary/aromatic N) is 1. The van der Waals surface area contributed by atoms with Gasteiger partial charge in [0.05, 0.1) is 0 Å². The van der Waals surface area contributed by atoms with Crippen LogP contribution in [-0.2, 0) is 6.42 Å². The number of benzene rings is 2. The first-order valence-corrected chi connectivity index (χ1v) is 9.51. The lowest BCUT2D eigenvalue weighted by Gasteiger charge is -2.28. The lowest BCUT2D eigenvalue weighted by atomic mass is 9.77. The van der Waals surface area contributed by atoms with Crippen molar-refractivity contribution in [2.24, 2.45) is 0 Å². The number of hydrogen-bond acceptors (Lipinski definition) is 1. The zero-order valence-electron chi connectivity index (χ0n) is 14.8. The fourth-order valence-electron chi connectivity index (χ4n) is 4.17. The zero-order chi connectivity index (χ0) is 16.9. The van der Waals surface area contributed by atoms with Crippen LogP contribution in [0.4, 0.5) is 0 Å². The predicted octanol–water partition coefficient (Wildman–Crippen LogP) is 5.89. The molecule has 24 heavy (non-hydrogen) atoms. The molecule has 0 heterocycles. The second-order valence-corrected chi connectivity index (χ2v) is 7.74. The largest absolute Gasteiger partial charge is 0.309 e. The van der Waals surface area contributed by atoms with Crippen LogP contribution in [0.3, 0.4) is 0 Å². The van der Waals surface area contributed by atoms with Gasteiger partial charge in [-0.25, -0.2) is 0 Å². The molecule has 3 rings (SSSR count). The van der Waals surface area contributed by atoms with E-state index in [0.29, 0.717) is 11.8 Å². The van der Waals surface area contributed by atoms with E-state index in [9.17, 15) is 0 Å². The minimum absolute atomic E-state index is 0.578. The van der Waals surface area contributed by atoms with Gasteiger partial charge in [-0.1, -0.05) is 48.0 Å². The van der Waals surface area contributed by atoms with Gasteiger partial charge in [-0.15, -0.1) is 0 Å². The number of hydrogen-bond donors (Lipinski definition) is 0.